The van der Waals surface area contributed by atoms with E-state index < -0.39 is 5.97 Å². The van der Waals surface area contributed by atoms with Crippen molar-refractivity contribution in [2.45, 2.75) is 26.2 Å². The highest BCUT2D eigenvalue weighted by molar-refractivity contribution is 5.92. The number of benzene rings is 1. The topological polar surface area (TPSA) is 69.6 Å². The lowest BCUT2D eigenvalue weighted by molar-refractivity contribution is -0.139. The van der Waals surface area contributed by atoms with Crippen molar-refractivity contribution < 1.29 is 14.7 Å². The molecule has 1 aromatic carbocycles. The Morgan fingerprint density at radius 1 is 1.29 bits per heavy atom. The summed E-state index contributed by atoms with van der Waals surface area (Å²) in [6.45, 7) is 3.84. The van der Waals surface area contributed by atoms with Gasteiger partial charge in [0, 0.05) is 18.8 Å². The van der Waals surface area contributed by atoms with Crippen LogP contribution in [0.3, 0.4) is 0 Å². The van der Waals surface area contributed by atoms with Crippen molar-refractivity contribution in [3.8, 4) is 0 Å². The maximum Gasteiger partial charge on any atom is 0.303 e. The van der Waals surface area contributed by atoms with Crippen LogP contribution >= 0.6 is 0 Å². The van der Waals surface area contributed by atoms with Gasteiger partial charge in [-0.1, -0.05) is 25.5 Å². The lowest BCUT2D eigenvalue weighted by Gasteiger charge is -2.37. The lowest BCUT2D eigenvalue weighted by Crippen LogP contribution is -2.50. The number of carbonyl (C=O) groups is 2. The molecule has 0 radical (unpaired) electrons. The molecule has 0 saturated carbocycles. The number of nitrogens with zero attached hydrogens (tertiary/aromatic N) is 1. The average molecular weight is 290 g/mol. The first-order valence-corrected chi connectivity index (χ1v) is 7.39. The molecule has 1 heterocycles. The number of rotatable bonds is 7. The van der Waals surface area contributed by atoms with Crippen molar-refractivity contribution in [2.24, 2.45) is 5.92 Å². The molecular weight excluding hydrogens is 268 g/mol. The van der Waals surface area contributed by atoms with Crippen LogP contribution in [0.2, 0.25) is 0 Å². The van der Waals surface area contributed by atoms with E-state index in [1.165, 1.54) is 5.56 Å². The molecule has 114 valence electrons. The molecule has 2 N–H and O–H groups in total. The monoisotopic (exact) mass is 290 g/mol. The van der Waals surface area contributed by atoms with Crippen molar-refractivity contribution >= 4 is 17.6 Å². The van der Waals surface area contributed by atoms with Gasteiger partial charge in [-0.25, -0.2) is 0 Å². The van der Waals surface area contributed by atoms with E-state index in [2.05, 4.69) is 12.2 Å². The van der Waals surface area contributed by atoms with Crippen LogP contribution in [0.5, 0.6) is 0 Å². The standard InChI is InChI=1S/C16H22N2O3/c1-2-3-12-4-6-14(7-5-12)17-15(19)11-18-9-13(10-18)8-16(20)21/h4-7,13H,2-3,8-11H2,1H3,(H,17,19)(H,20,21). The third-order valence-electron chi connectivity index (χ3n) is 3.64. The summed E-state index contributed by atoms with van der Waals surface area (Å²) >= 11 is 0. The third-order valence-corrected chi connectivity index (χ3v) is 3.64. The normalized spacial score (nSPS) is 15.5. The summed E-state index contributed by atoms with van der Waals surface area (Å²) in [7, 11) is 0. The summed E-state index contributed by atoms with van der Waals surface area (Å²) in [5, 5.41) is 11.5. The van der Waals surface area contributed by atoms with Crippen molar-refractivity contribution in [3.63, 3.8) is 0 Å². The van der Waals surface area contributed by atoms with E-state index in [0.29, 0.717) is 19.6 Å². The van der Waals surface area contributed by atoms with Crippen molar-refractivity contribution in [3.05, 3.63) is 29.8 Å². The lowest BCUT2D eigenvalue weighted by atomic mass is 9.96. The molecule has 0 spiro atoms. The highest BCUT2D eigenvalue weighted by Gasteiger charge is 2.29. The SMILES string of the molecule is CCCc1ccc(NC(=O)CN2CC(CC(=O)O)C2)cc1. The van der Waals surface area contributed by atoms with Crippen LogP contribution in [-0.2, 0) is 16.0 Å². The number of carboxylic acids is 1. The van der Waals surface area contributed by atoms with Gasteiger partial charge in [0.15, 0.2) is 0 Å². The molecule has 1 amide bonds. The molecular formula is C16H22N2O3. The maximum absolute atomic E-state index is 11.9. The predicted octanol–water partition coefficient (Wildman–Crippen LogP) is 1.98. The van der Waals surface area contributed by atoms with Crippen LogP contribution in [0.15, 0.2) is 24.3 Å². The average Bonchev–Trinajstić information content (AvgIpc) is 2.38. The highest BCUT2D eigenvalue weighted by atomic mass is 16.4. The Morgan fingerprint density at radius 2 is 1.95 bits per heavy atom. The highest BCUT2D eigenvalue weighted by Crippen LogP contribution is 2.18. The van der Waals surface area contributed by atoms with Gasteiger partial charge in [-0.3, -0.25) is 14.5 Å². The van der Waals surface area contributed by atoms with E-state index in [0.717, 1.165) is 18.5 Å². The molecule has 21 heavy (non-hydrogen) atoms. The second kappa shape index (κ2) is 7.22. The summed E-state index contributed by atoms with van der Waals surface area (Å²) in [6, 6.07) is 7.91. The second-order valence-electron chi connectivity index (χ2n) is 5.65. The zero-order valence-corrected chi connectivity index (χ0v) is 12.3. The van der Waals surface area contributed by atoms with Crippen LogP contribution in [0.4, 0.5) is 5.69 Å². The van der Waals surface area contributed by atoms with E-state index in [1.807, 2.05) is 29.2 Å². The Labute approximate surface area is 125 Å². The van der Waals surface area contributed by atoms with E-state index in [9.17, 15) is 9.59 Å². The minimum Gasteiger partial charge on any atom is -0.481 e. The van der Waals surface area contributed by atoms with Crippen LogP contribution < -0.4 is 5.32 Å². The molecule has 1 aromatic rings. The number of aryl methyl sites for hydroxylation is 1. The number of likely N-dealkylation sites (tertiary alicyclic amines) is 1. The Kier molecular flexibility index (Phi) is 5.33. The zero-order chi connectivity index (χ0) is 15.2. The van der Waals surface area contributed by atoms with E-state index in [4.69, 9.17) is 5.11 Å². The molecule has 0 bridgehead atoms. The van der Waals surface area contributed by atoms with Crippen molar-refractivity contribution in [1.29, 1.82) is 0 Å². The molecule has 5 heteroatoms. The predicted molar refractivity (Wildman–Crippen MR) is 81.2 cm³/mol. The fourth-order valence-corrected chi connectivity index (χ4v) is 2.63. The van der Waals surface area contributed by atoms with Crippen LogP contribution in [0, 0.1) is 5.92 Å². The van der Waals surface area contributed by atoms with Gasteiger partial charge < -0.3 is 10.4 Å². The Morgan fingerprint density at radius 3 is 2.52 bits per heavy atom. The molecule has 0 atom stereocenters. The van der Waals surface area contributed by atoms with E-state index >= 15 is 0 Å². The molecule has 5 nitrogen and oxygen atoms in total. The first kappa shape index (κ1) is 15.5. The largest absolute Gasteiger partial charge is 0.481 e. The summed E-state index contributed by atoms with van der Waals surface area (Å²) in [4.78, 5) is 24.4. The molecule has 0 aliphatic carbocycles. The smallest absolute Gasteiger partial charge is 0.303 e. The van der Waals surface area contributed by atoms with Gasteiger partial charge in [0.25, 0.3) is 0 Å². The fourth-order valence-electron chi connectivity index (χ4n) is 2.63. The van der Waals surface area contributed by atoms with Crippen molar-refractivity contribution in [2.75, 3.05) is 25.0 Å². The van der Waals surface area contributed by atoms with Gasteiger partial charge in [-0.2, -0.15) is 0 Å². The Hall–Kier alpha value is -1.88. The van der Waals surface area contributed by atoms with Crippen LogP contribution in [0.25, 0.3) is 0 Å². The molecule has 1 saturated heterocycles. The van der Waals surface area contributed by atoms with E-state index in [-0.39, 0.29) is 18.2 Å². The fraction of sp³-hybridized carbons (Fsp3) is 0.500. The molecule has 1 aliphatic heterocycles. The maximum atomic E-state index is 11.9. The number of anilines is 1. The summed E-state index contributed by atoms with van der Waals surface area (Å²) in [5.74, 6) is -0.632. The molecule has 1 aliphatic rings. The first-order valence-electron chi connectivity index (χ1n) is 7.39. The summed E-state index contributed by atoms with van der Waals surface area (Å²) < 4.78 is 0. The second-order valence-corrected chi connectivity index (χ2v) is 5.65. The molecule has 0 unspecified atom stereocenters. The Balaban J connectivity index is 1.71. The first-order chi connectivity index (χ1) is 10.1. The van der Waals surface area contributed by atoms with Crippen LogP contribution in [0.1, 0.15) is 25.3 Å². The summed E-state index contributed by atoms with van der Waals surface area (Å²) in [5.41, 5.74) is 2.08. The Bertz CT molecular complexity index is 493. The number of nitrogens with one attached hydrogen (secondary N) is 1. The van der Waals surface area contributed by atoms with Gasteiger partial charge in [-0.05, 0) is 30.0 Å². The van der Waals surface area contributed by atoms with Crippen molar-refractivity contribution in [1.82, 2.24) is 4.90 Å². The third kappa shape index (κ3) is 4.86. The van der Waals surface area contributed by atoms with Gasteiger partial charge in [0.05, 0.1) is 13.0 Å². The number of aliphatic carboxylic acids is 1. The summed E-state index contributed by atoms with van der Waals surface area (Å²) in [6.07, 6.45) is 2.35. The van der Waals surface area contributed by atoms with E-state index in [1.54, 1.807) is 0 Å². The van der Waals surface area contributed by atoms with Gasteiger partial charge in [-0.15, -0.1) is 0 Å². The zero-order valence-electron chi connectivity index (χ0n) is 12.3. The molecule has 0 aromatic heterocycles. The quantitative estimate of drug-likeness (QED) is 0.805. The number of amides is 1. The minimum absolute atomic E-state index is 0.0491. The van der Waals surface area contributed by atoms with Crippen LogP contribution in [-0.4, -0.2) is 41.5 Å². The van der Waals surface area contributed by atoms with Gasteiger partial charge in [0.1, 0.15) is 0 Å². The van der Waals surface area contributed by atoms with Gasteiger partial charge in [0.2, 0.25) is 5.91 Å². The number of carbonyl (C=O) groups excluding carboxylic acids is 1. The number of carboxylic acid groups (broad SMARTS) is 1. The molecule has 2 rings (SSSR count). The number of hydrogen-bond donors (Lipinski definition) is 2. The van der Waals surface area contributed by atoms with Gasteiger partial charge >= 0.3 is 5.97 Å². The number of hydrogen-bond acceptors (Lipinski definition) is 3. The minimum atomic E-state index is -0.767. The molecule has 1 fully saturated rings.